The van der Waals surface area contributed by atoms with Crippen LogP contribution in [-0.4, -0.2) is 33.0 Å². The Balaban J connectivity index is 1.48. The van der Waals surface area contributed by atoms with E-state index in [1.807, 2.05) is 60.7 Å². The van der Waals surface area contributed by atoms with Crippen LogP contribution < -0.4 is 5.32 Å². The van der Waals surface area contributed by atoms with E-state index in [2.05, 4.69) is 20.5 Å². The normalized spacial score (nSPS) is 10.6. The number of anilines is 2. The summed E-state index contributed by atoms with van der Waals surface area (Å²) in [6.07, 6.45) is 1.75. The molecule has 0 spiro atoms. The first-order valence-electron chi connectivity index (χ1n) is 8.94. The standard InChI is InChI=1S/C22H19N5O/c1-27(15-16-7-3-2-4-8-16)22(28)19-12-13-20(26-25-19)24-18-11-5-9-17-10-6-14-23-21(17)18/h2-14H,15H2,1H3,(H,24,26). The molecule has 2 heterocycles. The van der Waals surface area contributed by atoms with Crippen LogP contribution in [0, 0.1) is 0 Å². The van der Waals surface area contributed by atoms with E-state index in [0.29, 0.717) is 18.1 Å². The number of carbonyl (C=O) groups excluding carboxylic acids is 1. The number of carbonyl (C=O) groups is 1. The van der Waals surface area contributed by atoms with Crippen molar-refractivity contribution in [3.8, 4) is 0 Å². The summed E-state index contributed by atoms with van der Waals surface area (Å²) in [7, 11) is 1.75. The first-order chi connectivity index (χ1) is 13.7. The molecule has 6 heteroatoms. The number of rotatable bonds is 5. The fourth-order valence-corrected chi connectivity index (χ4v) is 2.98. The number of pyridine rings is 1. The van der Waals surface area contributed by atoms with E-state index in [-0.39, 0.29) is 5.91 Å². The van der Waals surface area contributed by atoms with Gasteiger partial charge in [0.25, 0.3) is 5.91 Å². The zero-order valence-corrected chi connectivity index (χ0v) is 15.4. The van der Waals surface area contributed by atoms with Gasteiger partial charge in [-0.2, -0.15) is 0 Å². The molecule has 0 bridgehead atoms. The number of aromatic nitrogens is 3. The molecule has 28 heavy (non-hydrogen) atoms. The minimum atomic E-state index is -0.172. The van der Waals surface area contributed by atoms with Gasteiger partial charge < -0.3 is 10.2 Å². The van der Waals surface area contributed by atoms with Gasteiger partial charge in [-0.3, -0.25) is 9.78 Å². The molecule has 0 atom stereocenters. The zero-order valence-electron chi connectivity index (χ0n) is 15.4. The summed E-state index contributed by atoms with van der Waals surface area (Å²) in [5.41, 5.74) is 3.07. The molecule has 4 aromatic rings. The van der Waals surface area contributed by atoms with Gasteiger partial charge in [0.15, 0.2) is 11.5 Å². The molecule has 2 aromatic carbocycles. The predicted octanol–water partition coefficient (Wildman–Crippen LogP) is 4.04. The minimum Gasteiger partial charge on any atom is -0.337 e. The van der Waals surface area contributed by atoms with Gasteiger partial charge in [-0.05, 0) is 29.8 Å². The van der Waals surface area contributed by atoms with E-state index in [9.17, 15) is 4.79 Å². The lowest BCUT2D eigenvalue weighted by Gasteiger charge is -2.16. The highest BCUT2D eigenvalue weighted by molar-refractivity contribution is 5.93. The van der Waals surface area contributed by atoms with Gasteiger partial charge in [0.05, 0.1) is 11.2 Å². The number of nitrogens with zero attached hydrogens (tertiary/aromatic N) is 4. The number of nitrogens with one attached hydrogen (secondary N) is 1. The summed E-state index contributed by atoms with van der Waals surface area (Å²) >= 11 is 0. The quantitative estimate of drug-likeness (QED) is 0.575. The SMILES string of the molecule is CN(Cc1ccccc1)C(=O)c1ccc(Nc2cccc3cccnc23)nn1. The van der Waals surface area contributed by atoms with Crippen LogP contribution in [0.15, 0.2) is 79.0 Å². The molecule has 1 N–H and O–H groups in total. The molecule has 0 aliphatic heterocycles. The average molecular weight is 369 g/mol. The number of amides is 1. The Morgan fingerprint density at radius 1 is 0.929 bits per heavy atom. The second-order valence-electron chi connectivity index (χ2n) is 6.46. The van der Waals surface area contributed by atoms with Crippen LogP contribution in [-0.2, 0) is 6.54 Å². The predicted molar refractivity (Wildman–Crippen MR) is 109 cm³/mol. The van der Waals surface area contributed by atoms with Gasteiger partial charge in [-0.15, -0.1) is 10.2 Å². The smallest absolute Gasteiger partial charge is 0.274 e. The van der Waals surface area contributed by atoms with Crippen LogP contribution in [0.5, 0.6) is 0 Å². The van der Waals surface area contributed by atoms with E-state index >= 15 is 0 Å². The molecule has 0 saturated carbocycles. The topological polar surface area (TPSA) is 71.0 Å². The molecule has 0 saturated heterocycles. The average Bonchev–Trinajstić information content (AvgIpc) is 2.75. The summed E-state index contributed by atoms with van der Waals surface area (Å²) in [6, 6.07) is 23.1. The molecule has 0 unspecified atom stereocenters. The second-order valence-corrected chi connectivity index (χ2v) is 6.46. The van der Waals surface area contributed by atoms with Crippen molar-refractivity contribution in [3.05, 3.63) is 90.3 Å². The molecular weight excluding hydrogens is 350 g/mol. The van der Waals surface area contributed by atoms with Crippen molar-refractivity contribution in [1.29, 1.82) is 0 Å². The summed E-state index contributed by atoms with van der Waals surface area (Å²) in [5.74, 6) is 0.384. The molecular formula is C22H19N5O. The molecule has 0 aliphatic rings. The lowest BCUT2D eigenvalue weighted by atomic mass is 10.2. The lowest BCUT2D eigenvalue weighted by Crippen LogP contribution is -2.27. The van der Waals surface area contributed by atoms with Gasteiger partial charge in [0.2, 0.25) is 0 Å². The largest absolute Gasteiger partial charge is 0.337 e. The van der Waals surface area contributed by atoms with Crippen molar-refractivity contribution in [2.45, 2.75) is 6.54 Å². The monoisotopic (exact) mass is 369 g/mol. The van der Waals surface area contributed by atoms with Crippen LogP contribution in [0.4, 0.5) is 11.5 Å². The van der Waals surface area contributed by atoms with Crippen molar-refractivity contribution in [2.75, 3.05) is 12.4 Å². The Bertz CT molecular complexity index is 1090. The number of fused-ring (bicyclic) bond motifs is 1. The van der Waals surface area contributed by atoms with Gasteiger partial charge in [0.1, 0.15) is 0 Å². The number of hydrogen-bond acceptors (Lipinski definition) is 5. The maximum atomic E-state index is 12.6. The molecule has 0 radical (unpaired) electrons. The Kier molecular flexibility index (Phi) is 4.93. The third kappa shape index (κ3) is 3.81. The van der Waals surface area contributed by atoms with Gasteiger partial charge in [-0.1, -0.05) is 48.5 Å². The summed E-state index contributed by atoms with van der Waals surface area (Å²) in [4.78, 5) is 18.6. The summed E-state index contributed by atoms with van der Waals surface area (Å²) < 4.78 is 0. The highest BCUT2D eigenvalue weighted by atomic mass is 16.2. The third-order valence-electron chi connectivity index (χ3n) is 4.39. The summed E-state index contributed by atoms with van der Waals surface area (Å²) in [5, 5.41) is 12.5. The minimum absolute atomic E-state index is 0.172. The molecule has 138 valence electrons. The van der Waals surface area contributed by atoms with Crippen molar-refractivity contribution in [3.63, 3.8) is 0 Å². The van der Waals surface area contributed by atoms with E-state index in [4.69, 9.17) is 0 Å². The Morgan fingerprint density at radius 3 is 2.54 bits per heavy atom. The van der Waals surface area contributed by atoms with Crippen molar-refractivity contribution >= 4 is 28.3 Å². The van der Waals surface area contributed by atoms with Crippen LogP contribution in [0.1, 0.15) is 16.1 Å². The highest BCUT2D eigenvalue weighted by Gasteiger charge is 2.14. The van der Waals surface area contributed by atoms with Crippen LogP contribution in [0.25, 0.3) is 10.9 Å². The van der Waals surface area contributed by atoms with E-state index < -0.39 is 0 Å². The number of benzene rings is 2. The van der Waals surface area contributed by atoms with Gasteiger partial charge >= 0.3 is 0 Å². The van der Waals surface area contributed by atoms with E-state index in [0.717, 1.165) is 22.2 Å². The molecule has 0 fully saturated rings. The number of hydrogen-bond donors (Lipinski definition) is 1. The van der Waals surface area contributed by atoms with Gasteiger partial charge in [0, 0.05) is 25.2 Å². The lowest BCUT2D eigenvalue weighted by molar-refractivity contribution is 0.0778. The van der Waals surface area contributed by atoms with Gasteiger partial charge in [-0.25, -0.2) is 0 Å². The molecule has 6 nitrogen and oxygen atoms in total. The van der Waals surface area contributed by atoms with Crippen molar-refractivity contribution in [2.24, 2.45) is 0 Å². The second kappa shape index (κ2) is 7.84. The molecule has 2 aromatic heterocycles. The van der Waals surface area contributed by atoms with Crippen LogP contribution >= 0.6 is 0 Å². The zero-order chi connectivity index (χ0) is 19.3. The first-order valence-corrected chi connectivity index (χ1v) is 8.94. The van der Waals surface area contributed by atoms with Crippen molar-refractivity contribution in [1.82, 2.24) is 20.1 Å². The maximum absolute atomic E-state index is 12.6. The van der Waals surface area contributed by atoms with Crippen LogP contribution in [0.2, 0.25) is 0 Å². The Hall–Kier alpha value is -3.80. The molecule has 0 aliphatic carbocycles. The first kappa shape index (κ1) is 17.6. The Labute approximate surface area is 162 Å². The summed E-state index contributed by atoms with van der Waals surface area (Å²) in [6.45, 7) is 0.517. The molecule has 4 rings (SSSR count). The fraction of sp³-hybridized carbons (Fsp3) is 0.0909. The molecule has 1 amide bonds. The number of para-hydroxylation sites is 1. The third-order valence-corrected chi connectivity index (χ3v) is 4.39. The fourth-order valence-electron chi connectivity index (χ4n) is 2.98. The Morgan fingerprint density at radius 2 is 1.75 bits per heavy atom. The van der Waals surface area contributed by atoms with E-state index in [1.165, 1.54) is 0 Å². The van der Waals surface area contributed by atoms with Crippen molar-refractivity contribution < 1.29 is 4.79 Å². The van der Waals surface area contributed by atoms with Crippen LogP contribution in [0.3, 0.4) is 0 Å². The maximum Gasteiger partial charge on any atom is 0.274 e. The highest BCUT2D eigenvalue weighted by Crippen LogP contribution is 2.23. The van der Waals surface area contributed by atoms with E-state index in [1.54, 1.807) is 30.3 Å².